The third-order valence-corrected chi connectivity index (χ3v) is 2.06. The van der Waals surface area contributed by atoms with Gasteiger partial charge in [0.2, 0.25) is 0 Å². The number of methoxy groups -OCH3 is 1. The van der Waals surface area contributed by atoms with Gasteiger partial charge < -0.3 is 9.84 Å². The van der Waals surface area contributed by atoms with Gasteiger partial charge >= 0.3 is 0 Å². The topological polar surface area (TPSA) is 41.5 Å². The Bertz CT molecular complexity index is 276. The zero-order valence-corrected chi connectivity index (χ0v) is 8.66. The van der Waals surface area contributed by atoms with Crippen molar-refractivity contribution in [2.75, 3.05) is 7.11 Å². The van der Waals surface area contributed by atoms with Gasteiger partial charge in [0.05, 0.1) is 7.11 Å². The first kappa shape index (κ1) is 11.0. The molecule has 3 heteroatoms. The number of nitrogens with one attached hydrogen (secondary N) is 1. The van der Waals surface area contributed by atoms with E-state index in [1.54, 1.807) is 7.11 Å². The Balaban J connectivity index is 2.50. The van der Waals surface area contributed by atoms with E-state index in [0.717, 1.165) is 11.3 Å². The Morgan fingerprint density at radius 1 is 1.50 bits per heavy atom. The number of rotatable bonds is 5. The van der Waals surface area contributed by atoms with E-state index in [2.05, 4.69) is 5.32 Å². The van der Waals surface area contributed by atoms with E-state index in [0.29, 0.717) is 13.0 Å². The first-order chi connectivity index (χ1) is 6.76. The normalized spacial score (nSPS) is 12.5. The highest BCUT2D eigenvalue weighted by atomic mass is 16.5. The second-order valence-electron chi connectivity index (χ2n) is 3.16. The summed E-state index contributed by atoms with van der Waals surface area (Å²) in [5.41, 5.74) is 1.11. The Morgan fingerprint density at radius 3 is 2.93 bits per heavy atom. The molecule has 0 aromatic heterocycles. The van der Waals surface area contributed by atoms with Gasteiger partial charge in [-0.25, -0.2) is 0 Å². The average Bonchev–Trinajstić information content (AvgIpc) is 2.26. The van der Waals surface area contributed by atoms with Crippen LogP contribution < -0.4 is 10.1 Å². The predicted molar refractivity (Wildman–Crippen MR) is 56.1 cm³/mol. The van der Waals surface area contributed by atoms with Crippen LogP contribution in [0.15, 0.2) is 24.3 Å². The zero-order chi connectivity index (χ0) is 10.4. The highest BCUT2D eigenvalue weighted by molar-refractivity contribution is 5.28. The molecule has 0 aliphatic rings. The molecule has 3 nitrogen and oxygen atoms in total. The fourth-order valence-corrected chi connectivity index (χ4v) is 1.16. The highest BCUT2D eigenvalue weighted by Crippen LogP contribution is 2.12. The van der Waals surface area contributed by atoms with Crippen LogP contribution in [0.3, 0.4) is 0 Å². The largest absolute Gasteiger partial charge is 0.497 e. The summed E-state index contributed by atoms with van der Waals surface area (Å²) in [6.45, 7) is 2.59. The Morgan fingerprint density at radius 2 is 2.29 bits per heavy atom. The summed E-state index contributed by atoms with van der Waals surface area (Å²) in [7, 11) is 1.65. The number of benzene rings is 1. The van der Waals surface area contributed by atoms with E-state index >= 15 is 0 Å². The van der Waals surface area contributed by atoms with Crippen LogP contribution in [0.4, 0.5) is 0 Å². The smallest absolute Gasteiger partial charge is 0.119 e. The van der Waals surface area contributed by atoms with E-state index < -0.39 is 6.23 Å². The first-order valence-corrected chi connectivity index (χ1v) is 4.80. The van der Waals surface area contributed by atoms with Crippen molar-refractivity contribution in [3.63, 3.8) is 0 Å². The van der Waals surface area contributed by atoms with E-state index in [-0.39, 0.29) is 0 Å². The second-order valence-corrected chi connectivity index (χ2v) is 3.16. The van der Waals surface area contributed by atoms with E-state index in [9.17, 15) is 5.11 Å². The molecule has 0 aliphatic carbocycles. The summed E-state index contributed by atoms with van der Waals surface area (Å²) in [5, 5.41) is 12.3. The number of hydrogen-bond acceptors (Lipinski definition) is 3. The van der Waals surface area contributed by atoms with Crippen LogP contribution in [0.5, 0.6) is 5.75 Å². The van der Waals surface area contributed by atoms with Gasteiger partial charge in [-0.2, -0.15) is 0 Å². The Kier molecular flexibility index (Phi) is 4.43. The molecule has 0 saturated carbocycles. The SMILES string of the molecule is CCC(O)NCc1cccc(OC)c1. The summed E-state index contributed by atoms with van der Waals surface area (Å²) in [4.78, 5) is 0. The van der Waals surface area contributed by atoms with Gasteiger partial charge in [-0.1, -0.05) is 19.1 Å². The molecule has 0 bridgehead atoms. The molecule has 2 N–H and O–H groups in total. The molecule has 78 valence electrons. The maximum atomic E-state index is 9.30. The minimum absolute atomic E-state index is 0.429. The van der Waals surface area contributed by atoms with Crippen molar-refractivity contribution in [2.45, 2.75) is 26.1 Å². The fraction of sp³-hybridized carbons (Fsp3) is 0.455. The van der Waals surface area contributed by atoms with Crippen LogP contribution in [-0.4, -0.2) is 18.4 Å². The van der Waals surface area contributed by atoms with Crippen molar-refractivity contribution in [2.24, 2.45) is 0 Å². The monoisotopic (exact) mass is 195 g/mol. The molecule has 0 heterocycles. The van der Waals surface area contributed by atoms with Gasteiger partial charge in [0.1, 0.15) is 12.0 Å². The summed E-state index contributed by atoms with van der Waals surface area (Å²) in [5.74, 6) is 0.843. The van der Waals surface area contributed by atoms with Crippen LogP contribution in [0.25, 0.3) is 0 Å². The molecule has 0 saturated heterocycles. The molecule has 0 radical (unpaired) electrons. The van der Waals surface area contributed by atoms with Gasteiger partial charge in [-0.15, -0.1) is 0 Å². The maximum absolute atomic E-state index is 9.30. The van der Waals surface area contributed by atoms with Crippen molar-refractivity contribution >= 4 is 0 Å². The molecular formula is C11H17NO2. The minimum atomic E-state index is -0.429. The van der Waals surface area contributed by atoms with E-state index in [4.69, 9.17) is 4.74 Å². The molecular weight excluding hydrogens is 178 g/mol. The zero-order valence-electron chi connectivity index (χ0n) is 8.66. The van der Waals surface area contributed by atoms with Crippen LogP contribution in [-0.2, 0) is 6.54 Å². The van der Waals surface area contributed by atoms with Crippen molar-refractivity contribution in [3.8, 4) is 5.75 Å². The molecule has 0 aliphatic heterocycles. The summed E-state index contributed by atoms with van der Waals surface area (Å²) in [6, 6.07) is 7.79. The summed E-state index contributed by atoms with van der Waals surface area (Å²) in [6.07, 6.45) is 0.283. The number of hydrogen-bond donors (Lipinski definition) is 2. The van der Waals surface area contributed by atoms with Gasteiger partial charge in [0.15, 0.2) is 0 Å². The lowest BCUT2D eigenvalue weighted by Crippen LogP contribution is -2.27. The number of aliphatic hydroxyl groups excluding tert-OH is 1. The molecule has 0 fully saturated rings. The lowest BCUT2D eigenvalue weighted by atomic mass is 10.2. The van der Waals surface area contributed by atoms with Crippen LogP contribution in [0.2, 0.25) is 0 Å². The number of ether oxygens (including phenoxy) is 1. The van der Waals surface area contributed by atoms with Crippen molar-refractivity contribution in [1.82, 2.24) is 5.32 Å². The Hall–Kier alpha value is -1.06. The van der Waals surface area contributed by atoms with Crippen LogP contribution >= 0.6 is 0 Å². The van der Waals surface area contributed by atoms with Crippen molar-refractivity contribution < 1.29 is 9.84 Å². The van der Waals surface area contributed by atoms with Gasteiger partial charge in [-0.05, 0) is 24.1 Å². The van der Waals surface area contributed by atoms with Gasteiger partial charge in [-0.3, -0.25) is 5.32 Å². The lowest BCUT2D eigenvalue weighted by Gasteiger charge is -2.10. The minimum Gasteiger partial charge on any atom is -0.497 e. The van der Waals surface area contributed by atoms with Crippen LogP contribution in [0, 0.1) is 0 Å². The number of aliphatic hydroxyl groups is 1. The third-order valence-electron chi connectivity index (χ3n) is 2.06. The van der Waals surface area contributed by atoms with Crippen molar-refractivity contribution in [3.05, 3.63) is 29.8 Å². The highest BCUT2D eigenvalue weighted by Gasteiger charge is 2.00. The average molecular weight is 195 g/mol. The molecule has 1 atom stereocenters. The first-order valence-electron chi connectivity index (χ1n) is 4.80. The summed E-state index contributed by atoms with van der Waals surface area (Å²) < 4.78 is 5.10. The van der Waals surface area contributed by atoms with E-state index in [1.807, 2.05) is 31.2 Å². The molecule has 14 heavy (non-hydrogen) atoms. The van der Waals surface area contributed by atoms with Crippen LogP contribution in [0.1, 0.15) is 18.9 Å². The van der Waals surface area contributed by atoms with Gasteiger partial charge in [0.25, 0.3) is 0 Å². The second kappa shape index (κ2) is 5.62. The summed E-state index contributed by atoms with van der Waals surface area (Å²) >= 11 is 0. The molecule has 1 unspecified atom stereocenters. The molecule has 0 amide bonds. The fourth-order valence-electron chi connectivity index (χ4n) is 1.16. The quantitative estimate of drug-likeness (QED) is 0.700. The standard InChI is InChI=1S/C11H17NO2/c1-3-11(13)12-8-9-5-4-6-10(7-9)14-2/h4-7,11-13H,3,8H2,1-2H3. The molecule has 1 aromatic rings. The molecule has 1 aromatic carbocycles. The van der Waals surface area contributed by atoms with E-state index in [1.165, 1.54) is 0 Å². The molecule has 1 rings (SSSR count). The van der Waals surface area contributed by atoms with Crippen molar-refractivity contribution in [1.29, 1.82) is 0 Å². The maximum Gasteiger partial charge on any atom is 0.119 e. The molecule has 0 spiro atoms. The Labute approximate surface area is 84.7 Å². The van der Waals surface area contributed by atoms with Gasteiger partial charge in [0, 0.05) is 6.54 Å². The predicted octanol–water partition coefficient (Wildman–Crippen LogP) is 1.51. The third kappa shape index (κ3) is 3.36. The lowest BCUT2D eigenvalue weighted by molar-refractivity contribution is 0.131.